The number of hydrogen-bond acceptors (Lipinski definition) is 0. The van der Waals surface area contributed by atoms with Crippen molar-refractivity contribution in [2.75, 3.05) is 0 Å². The van der Waals surface area contributed by atoms with Gasteiger partial charge >= 0.3 is 0 Å². The van der Waals surface area contributed by atoms with Crippen molar-refractivity contribution in [3.63, 3.8) is 0 Å². The van der Waals surface area contributed by atoms with Crippen molar-refractivity contribution < 1.29 is 8.78 Å². The van der Waals surface area contributed by atoms with Crippen molar-refractivity contribution in [2.45, 2.75) is 39.5 Å². The molecule has 0 bridgehead atoms. The lowest BCUT2D eigenvalue weighted by atomic mass is 9.90. The zero-order valence-corrected chi connectivity index (χ0v) is 13.2. The monoisotopic (exact) mass is 300 g/mol. The molecule has 2 aromatic carbocycles. The molecular formula is C20H22F2. The third-order valence-corrected chi connectivity index (χ3v) is 3.99. The number of aryl methyl sites for hydroxylation is 3. The molecule has 0 aromatic heterocycles. The molecule has 0 radical (unpaired) electrons. The highest BCUT2D eigenvalue weighted by molar-refractivity contribution is 5.72. The highest BCUT2D eigenvalue weighted by Crippen LogP contribution is 2.30. The van der Waals surface area contributed by atoms with Gasteiger partial charge in [-0.2, -0.15) is 0 Å². The fourth-order valence-corrected chi connectivity index (χ4v) is 2.82. The van der Waals surface area contributed by atoms with Crippen LogP contribution in [0, 0.1) is 13.8 Å². The highest BCUT2D eigenvalue weighted by atomic mass is 19.3. The van der Waals surface area contributed by atoms with Gasteiger partial charge in [0.05, 0.1) is 0 Å². The molecule has 0 aliphatic rings. The summed E-state index contributed by atoms with van der Waals surface area (Å²) < 4.78 is 25.1. The summed E-state index contributed by atoms with van der Waals surface area (Å²) in [5.74, 6) is 0. The Labute approximate surface area is 131 Å². The van der Waals surface area contributed by atoms with Crippen molar-refractivity contribution in [1.82, 2.24) is 0 Å². The number of allylic oxidation sites excluding steroid dienone is 1. The lowest BCUT2D eigenvalue weighted by molar-refractivity contribution is 0.138. The Morgan fingerprint density at radius 3 is 2.50 bits per heavy atom. The summed E-state index contributed by atoms with van der Waals surface area (Å²) in [6.45, 7) is 7.92. The van der Waals surface area contributed by atoms with E-state index < -0.39 is 6.43 Å². The standard InChI is InChI=1S/C20H22F2/c1-4-6-17-13-18(10-9-14(17)2)20-15(3)7-5-8-16(20)11-12-19(21)22/h4-5,7-10,13,19H,1,6,11-12H2,2-3H3. The maximum atomic E-state index is 12.6. The van der Waals surface area contributed by atoms with Crippen LogP contribution in [0.1, 0.15) is 28.7 Å². The topological polar surface area (TPSA) is 0 Å². The van der Waals surface area contributed by atoms with Gasteiger partial charge in [-0.3, -0.25) is 0 Å². The quantitative estimate of drug-likeness (QED) is 0.583. The second-order valence-corrected chi connectivity index (χ2v) is 5.67. The van der Waals surface area contributed by atoms with Crippen LogP contribution < -0.4 is 0 Å². The lowest BCUT2D eigenvalue weighted by Gasteiger charge is -2.15. The second-order valence-electron chi connectivity index (χ2n) is 5.67. The van der Waals surface area contributed by atoms with E-state index in [0.717, 1.165) is 28.7 Å². The third kappa shape index (κ3) is 3.82. The molecule has 22 heavy (non-hydrogen) atoms. The van der Waals surface area contributed by atoms with E-state index in [-0.39, 0.29) is 6.42 Å². The molecule has 2 heteroatoms. The molecule has 0 aliphatic carbocycles. The molecular weight excluding hydrogens is 278 g/mol. The first kappa shape index (κ1) is 16.4. The van der Waals surface area contributed by atoms with Gasteiger partial charge in [-0.05, 0) is 60.1 Å². The number of hydrogen-bond donors (Lipinski definition) is 0. The molecule has 2 rings (SSSR count). The summed E-state index contributed by atoms with van der Waals surface area (Å²) in [6.07, 6.45) is 0.753. The SMILES string of the molecule is C=CCc1cc(-c2c(C)cccc2CCC(F)F)ccc1C. The number of halogens is 2. The van der Waals surface area contributed by atoms with E-state index in [2.05, 4.69) is 31.7 Å². The highest BCUT2D eigenvalue weighted by Gasteiger charge is 2.12. The Bertz CT molecular complexity index is 657. The van der Waals surface area contributed by atoms with Crippen LogP contribution in [0.5, 0.6) is 0 Å². The van der Waals surface area contributed by atoms with Crippen LogP contribution in [0.25, 0.3) is 11.1 Å². The van der Waals surface area contributed by atoms with E-state index in [4.69, 9.17) is 0 Å². The molecule has 0 fully saturated rings. The van der Waals surface area contributed by atoms with E-state index in [1.165, 1.54) is 11.1 Å². The molecule has 0 saturated heterocycles. The molecule has 0 atom stereocenters. The van der Waals surface area contributed by atoms with Gasteiger partial charge in [0.15, 0.2) is 0 Å². The molecule has 0 saturated carbocycles. The van der Waals surface area contributed by atoms with Gasteiger partial charge in [-0.25, -0.2) is 8.78 Å². The molecule has 116 valence electrons. The van der Waals surface area contributed by atoms with Crippen LogP contribution in [0.4, 0.5) is 8.78 Å². The molecule has 0 heterocycles. The van der Waals surface area contributed by atoms with E-state index >= 15 is 0 Å². The minimum Gasteiger partial charge on any atom is -0.211 e. The van der Waals surface area contributed by atoms with Gasteiger partial charge in [0.2, 0.25) is 6.43 Å². The van der Waals surface area contributed by atoms with E-state index in [1.807, 2.05) is 31.2 Å². The van der Waals surface area contributed by atoms with E-state index in [9.17, 15) is 8.78 Å². The number of benzene rings is 2. The third-order valence-electron chi connectivity index (χ3n) is 3.99. The average molecular weight is 300 g/mol. The predicted octanol–water partition coefficient (Wildman–Crippen LogP) is 5.90. The predicted molar refractivity (Wildman–Crippen MR) is 89.6 cm³/mol. The Morgan fingerprint density at radius 1 is 1.05 bits per heavy atom. The Balaban J connectivity index is 2.47. The van der Waals surface area contributed by atoms with Crippen molar-refractivity contribution in [2.24, 2.45) is 0 Å². The van der Waals surface area contributed by atoms with E-state index in [0.29, 0.717) is 6.42 Å². The Hall–Kier alpha value is -1.96. The number of alkyl halides is 2. The van der Waals surface area contributed by atoms with Crippen LogP contribution in [0.2, 0.25) is 0 Å². The zero-order chi connectivity index (χ0) is 16.1. The van der Waals surface area contributed by atoms with Gasteiger partial charge in [-0.15, -0.1) is 6.58 Å². The summed E-state index contributed by atoms with van der Waals surface area (Å²) in [4.78, 5) is 0. The fourth-order valence-electron chi connectivity index (χ4n) is 2.82. The zero-order valence-electron chi connectivity index (χ0n) is 13.2. The van der Waals surface area contributed by atoms with Crippen LogP contribution in [0.3, 0.4) is 0 Å². The Kier molecular flexibility index (Phi) is 5.48. The average Bonchev–Trinajstić information content (AvgIpc) is 2.48. The molecule has 0 N–H and O–H groups in total. The fraction of sp³-hybridized carbons (Fsp3) is 0.300. The second kappa shape index (κ2) is 7.35. The first-order valence-corrected chi connectivity index (χ1v) is 7.60. The van der Waals surface area contributed by atoms with Gasteiger partial charge in [-0.1, -0.05) is 42.5 Å². The van der Waals surface area contributed by atoms with Gasteiger partial charge < -0.3 is 0 Å². The molecule has 2 aromatic rings. The van der Waals surface area contributed by atoms with Crippen molar-refractivity contribution in [3.05, 3.63) is 71.3 Å². The Morgan fingerprint density at radius 2 is 1.82 bits per heavy atom. The maximum absolute atomic E-state index is 12.6. The van der Waals surface area contributed by atoms with Gasteiger partial charge in [0, 0.05) is 6.42 Å². The van der Waals surface area contributed by atoms with Crippen LogP contribution >= 0.6 is 0 Å². The van der Waals surface area contributed by atoms with Crippen molar-refractivity contribution in [1.29, 1.82) is 0 Å². The molecule has 0 nitrogen and oxygen atoms in total. The normalized spacial score (nSPS) is 11.0. The lowest BCUT2D eigenvalue weighted by Crippen LogP contribution is -1.99. The largest absolute Gasteiger partial charge is 0.239 e. The number of rotatable bonds is 6. The first-order chi connectivity index (χ1) is 10.5. The molecule has 0 spiro atoms. The smallest absolute Gasteiger partial charge is 0.211 e. The first-order valence-electron chi connectivity index (χ1n) is 7.60. The van der Waals surface area contributed by atoms with Crippen LogP contribution in [0.15, 0.2) is 49.1 Å². The molecule has 0 unspecified atom stereocenters. The van der Waals surface area contributed by atoms with Crippen LogP contribution in [-0.4, -0.2) is 6.43 Å². The summed E-state index contributed by atoms with van der Waals surface area (Å²) in [7, 11) is 0. The summed E-state index contributed by atoms with van der Waals surface area (Å²) in [5, 5.41) is 0. The minimum atomic E-state index is -2.26. The van der Waals surface area contributed by atoms with Crippen LogP contribution in [-0.2, 0) is 12.8 Å². The minimum absolute atomic E-state index is 0.0954. The van der Waals surface area contributed by atoms with Gasteiger partial charge in [0.1, 0.15) is 0 Å². The van der Waals surface area contributed by atoms with Crippen molar-refractivity contribution >= 4 is 0 Å². The van der Waals surface area contributed by atoms with Crippen molar-refractivity contribution in [3.8, 4) is 11.1 Å². The summed E-state index contributed by atoms with van der Waals surface area (Å²) in [6, 6.07) is 12.3. The molecule has 0 amide bonds. The maximum Gasteiger partial charge on any atom is 0.239 e. The summed E-state index contributed by atoms with van der Waals surface area (Å²) >= 11 is 0. The molecule has 0 aliphatic heterocycles. The summed E-state index contributed by atoms with van der Waals surface area (Å²) in [5.41, 5.74) is 6.77. The van der Waals surface area contributed by atoms with Gasteiger partial charge in [0.25, 0.3) is 0 Å². The van der Waals surface area contributed by atoms with E-state index in [1.54, 1.807) is 0 Å².